The van der Waals surface area contributed by atoms with E-state index < -0.39 is 0 Å². The van der Waals surface area contributed by atoms with Gasteiger partial charge in [0.05, 0.1) is 12.7 Å². The molecule has 0 aromatic carbocycles. The number of carbonyl (C=O) groups excluding carboxylic acids is 1. The lowest BCUT2D eigenvalue weighted by atomic mass is 9.85. The molecule has 3 rings (SSSR count). The van der Waals surface area contributed by atoms with Crippen LogP contribution in [0.5, 0.6) is 0 Å². The van der Waals surface area contributed by atoms with E-state index in [1.165, 1.54) is 32.1 Å². The van der Waals surface area contributed by atoms with Gasteiger partial charge in [-0.1, -0.05) is 19.3 Å². The lowest BCUT2D eigenvalue weighted by Gasteiger charge is -2.30. The number of ether oxygens (including phenoxy) is 3. The molecule has 3 aliphatic rings. The Morgan fingerprint density at radius 2 is 2.08 bits per heavy atom. The molecule has 0 saturated heterocycles. The second-order valence-corrected chi connectivity index (χ2v) is 7.58. The maximum Gasteiger partial charge on any atom is 0.286 e. The largest absolute Gasteiger partial charge is 0.484 e. The van der Waals surface area contributed by atoms with Gasteiger partial charge in [-0.25, -0.2) is 0 Å². The van der Waals surface area contributed by atoms with E-state index in [4.69, 9.17) is 14.2 Å². The summed E-state index contributed by atoms with van der Waals surface area (Å²) in [6, 6.07) is 0. The van der Waals surface area contributed by atoms with Crippen LogP contribution in [0.2, 0.25) is 0 Å². The van der Waals surface area contributed by atoms with Crippen molar-refractivity contribution in [2.45, 2.75) is 70.5 Å². The van der Waals surface area contributed by atoms with Gasteiger partial charge in [0.1, 0.15) is 6.10 Å². The molecular weight excluding hydrogens is 318 g/mol. The van der Waals surface area contributed by atoms with Gasteiger partial charge in [0, 0.05) is 25.7 Å². The third kappa shape index (κ3) is 5.45. The summed E-state index contributed by atoms with van der Waals surface area (Å²) >= 11 is 0. The highest BCUT2D eigenvalue weighted by atomic mass is 16.5. The average Bonchev–Trinajstić information content (AvgIpc) is 3.06. The second kappa shape index (κ2) is 9.58. The fraction of sp³-hybridized carbons (Fsp3) is 0.850. The molecule has 0 aromatic heterocycles. The van der Waals surface area contributed by atoms with Crippen molar-refractivity contribution in [2.24, 2.45) is 11.8 Å². The van der Waals surface area contributed by atoms with Gasteiger partial charge in [-0.2, -0.15) is 0 Å². The Hall–Kier alpha value is -1.07. The first-order chi connectivity index (χ1) is 12.3. The summed E-state index contributed by atoms with van der Waals surface area (Å²) in [7, 11) is 0. The van der Waals surface area contributed by atoms with E-state index in [2.05, 4.69) is 5.32 Å². The molecular formula is C20H33NO4. The first-order valence-corrected chi connectivity index (χ1v) is 10.1. The van der Waals surface area contributed by atoms with E-state index in [0.29, 0.717) is 36.9 Å². The number of nitrogens with one attached hydrogen (secondary N) is 1. The van der Waals surface area contributed by atoms with E-state index in [1.807, 2.05) is 13.0 Å². The van der Waals surface area contributed by atoms with Crippen molar-refractivity contribution >= 4 is 5.91 Å². The third-order valence-corrected chi connectivity index (χ3v) is 5.67. The van der Waals surface area contributed by atoms with Gasteiger partial charge in [-0.05, 0) is 51.0 Å². The minimum absolute atomic E-state index is 0.108. The Morgan fingerprint density at radius 3 is 2.88 bits per heavy atom. The van der Waals surface area contributed by atoms with Crippen LogP contribution in [0.1, 0.15) is 58.3 Å². The average molecular weight is 351 g/mol. The molecule has 25 heavy (non-hydrogen) atoms. The van der Waals surface area contributed by atoms with Crippen molar-refractivity contribution in [3.05, 3.63) is 11.8 Å². The summed E-state index contributed by atoms with van der Waals surface area (Å²) in [4.78, 5) is 12.3. The van der Waals surface area contributed by atoms with Crippen LogP contribution < -0.4 is 5.32 Å². The zero-order valence-electron chi connectivity index (χ0n) is 15.5. The lowest BCUT2D eigenvalue weighted by molar-refractivity contribution is -0.122. The highest BCUT2D eigenvalue weighted by Gasteiger charge is 2.37. The Balaban J connectivity index is 1.32. The van der Waals surface area contributed by atoms with Crippen LogP contribution in [-0.4, -0.2) is 44.5 Å². The van der Waals surface area contributed by atoms with Gasteiger partial charge in [-0.15, -0.1) is 0 Å². The van der Waals surface area contributed by atoms with Gasteiger partial charge >= 0.3 is 0 Å². The van der Waals surface area contributed by atoms with Gasteiger partial charge < -0.3 is 19.5 Å². The summed E-state index contributed by atoms with van der Waals surface area (Å²) < 4.78 is 17.3. The van der Waals surface area contributed by atoms with Crippen LogP contribution in [0.3, 0.4) is 0 Å². The quantitative estimate of drug-likeness (QED) is 0.683. The van der Waals surface area contributed by atoms with Crippen LogP contribution >= 0.6 is 0 Å². The van der Waals surface area contributed by atoms with Crippen LogP contribution in [0, 0.1) is 11.8 Å². The molecule has 0 bridgehead atoms. The maximum atomic E-state index is 12.3. The van der Waals surface area contributed by atoms with Crippen molar-refractivity contribution in [3.63, 3.8) is 0 Å². The smallest absolute Gasteiger partial charge is 0.286 e. The normalized spacial score (nSPS) is 29.6. The molecule has 0 spiro atoms. The van der Waals surface area contributed by atoms with Gasteiger partial charge in [-0.3, -0.25) is 4.79 Å². The molecule has 3 atom stereocenters. The summed E-state index contributed by atoms with van der Waals surface area (Å²) in [5.74, 6) is 1.41. The fourth-order valence-electron chi connectivity index (χ4n) is 4.30. The molecule has 2 aliphatic carbocycles. The number of amides is 1. The maximum absolute atomic E-state index is 12.3. The van der Waals surface area contributed by atoms with Crippen LogP contribution in [0.15, 0.2) is 11.8 Å². The van der Waals surface area contributed by atoms with Crippen molar-refractivity contribution in [1.29, 1.82) is 0 Å². The number of rotatable bonds is 8. The predicted molar refractivity (Wildman–Crippen MR) is 96.1 cm³/mol. The second-order valence-electron chi connectivity index (χ2n) is 7.58. The summed E-state index contributed by atoms with van der Waals surface area (Å²) in [6.45, 7) is 4.74. The number of hydrogen-bond acceptors (Lipinski definition) is 4. The van der Waals surface area contributed by atoms with Crippen LogP contribution in [0.25, 0.3) is 0 Å². The van der Waals surface area contributed by atoms with Crippen molar-refractivity contribution in [3.8, 4) is 0 Å². The van der Waals surface area contributed by atoms with Crippen molar-refractivity contribution in [1.82, 2.24) is 5.32 Å². The molecule has 5 nitrogen and oxygen atoms in total. The number of carbonyl (C=O) groups is 1. The monoisotopic (exact) mass is 351 g/mol. The Morgan fingerprint density at radius 1 is 1.24 bits per heavy atom. The third-order valence-electron chi connectivity index (χ3n) is 5.67. The van der Waals surface area contributed by atoms with Gasteiger partial charge in [0.15, 0.2) is 5.76 Å². The molecule has 1 aliphatic heterocycles. The minimum atomic E-state index is -0.108. The van der Waals surface area contributed by atoms with E-state index in [-0.39, 0.29) is 12.0 Å². The van der Waals surface area contributed by atoms with Crippen molar-refractivity contribution < 1.29 is 19.0 Å². The van der Waals surface area contributed by atoms with Crippen LogP contribution in [-0.2, 0) is 19.0 Å². The summed E-state index contributed by atoms with van der Waals surface area (Å²) in [5.41, 5.74) is 0. The van der Waals surface area contributed by atoms with E-state index in [0.717, 1.165) is 32.5 Å². The fourth-order valence-corrected chi connectivity index (χ4v) is 4.30. The summed E-state index contributed by atoms with van der Waals surface area (Å²) in [6.07, 6.45) is 12.0. The molecule has 0 aromatic rings. The highest BCUT2D eigenvalue weighted by Crippen LogP contribution is 2.36. The molecule has 5 heteroatoms. The Labute approximate surface area is 151 Å². The molecule has 0 radical (unpaired) electrons. The van der Waals surface area contributed by atoms with E-state index in [1.54, 1.807) is 0 Å². The molecule has 2 saturated carbocycles. The first kappa shape index (κ1) is 18.7. The Bertz CT molecular complexity index is 459. The lowest BCUT2D eigenvalue weighted by Crippen LogP contribution is -2.32. The topological polar surface area (TPSA) is 56.8 Å². The SMILES string of the molecule is CCOC1CCC2OC(C(=O)NCCOCC3CCCCC3)=CC2C1. The molecule has 1 amide bonds. The Kier molecular flexibility index (Phi) is 7.17. The van der Waals surface area contributed by atoms with Crippen LogP contribution in [0.4, 0.5) is 0 Å². The molecule has 3 unspecified atom stereocenters. The molecule has 1 heterocycles. The first-order valence-electron chi connectivity index (χ1n) is 10.1. The number of fused-ring (bicyclic) bond motifs is 1. The van der Waals surface area contributed by atoms with E-state index >= 15 is 0 Å². The minimum Gasteiger partial charge on any atom is -0.484 e. The molecule has 142 valence electrons. The van der Waals surface area contributed by atoms with E-state index in [9.17, 15) is 4.79 Å². The molecule has 2 fully saturated rings. The number of hydrogen-bond donors (Lipinski definition) is 1. The standard InChI is InChI=1S/C20H33NO4/c1-2-24-17-8-9-18-16(12-17)13-19(25-18)20(22)21-10-11-23-14-15-6-4-3-5-7-15/h13,15-18H,2-12,14H2,1H3,(H,21,22). The summed E-state index contributed by atoms with van der Waals surface area (Å²) in [5, 5.41) is 2.92. The molecule has 1 N–H and O–H groups in total. The zero-order valence-corrected chi connectivity index (χ0v) is 15.5. The van der Waals surface area contributed by atoms with Crippen molar-refractivity contribution in [2.75, 3.05) is 26.4 Å². The highest BCUT2D eigenvalue weighted by molar-refractivity contribution is 5.91. The zero-order chi connectivity index (χ0) is 17.5. The van der Waals surface area contributed by atoms with Gasteiger partial charge in [0.2, 0.25) is 0 Å². The predicted octanol–water partition coefficient (Wildman–Crippen LogP) is 3.19. The van der Waals surface area contributed by atoms with Gasteiger partial charge in [0.25, 0.3) is 5.91 Å².